The average Bonchev–Trinajstić information content (AvgIpc) is 2.79. The topological polar surface area (TPSA) is 41.1 Å². The molecule has 0 aromatic carbocycles. The highest BCUT2D eigenvalue weighted by Crippen LogP contribution is 2.55. The lowest BCUT2D eigenvalue weighted by molar-refractivity contribution is -0.128. The van der Waals surface area contributed by atoms with Crippen molar-refractivity contribution < 1.29 is 4.79 Å². The molecule has 5 rings (SSSR count). The lowest BCUT2D eigenvalue weighted by Crippen LogP contribution is -2.61. The van der Waals surface area contributed by atoms with E-state index in [0.717, 1.165) is 29.9 Å². The van der Waals surface area contributed by atoms with Crippen LogP contribution in [0, 0.1) is 17.8 Å². The van der Waals surface area contributed by atoms with Gasteiger partial charge in [0.15, 0.2) is 0 Å². The second kappa shape index (κ2) is 4.14. The number of hydrogen-bond acceptors (Lipinski definition) is 3. The molecule has 0 aromatic heterocycles. The summed E-state index contributed by atoms with van der Waals surface area (Å²) in [6, 6.07) is 0.0583. The van der Waals surface area contributed by atoms with Crippen LogP contribution in [0.5, 0.6) is 0 Å². The van der Waals surface area contributed by atoms with Crippen LogP contribution >= 0.6 is 11.9 Å². The van der Waals surface area contributed by atoms with Crippen LogP contribution in [-0.2, 0) is 4.79 Å². The van der Waals surface area contributed by atoms with Gasteiger partial charge < -0.3 is 5.32 Å². The predicted molar refractivity (Wildman–Crippen MR) is 73.0 cm³/mol. The van der Waals surface area contributed by atoms with E-state index in [-0.39, 0.29) is 17.5 Å². The van der Waals surface area contributed by atoms with Crippen LogP contribution in [0.15, 0.2) is 0 Å². The lowest BCUT2D eigenvalue weighted by Gasteiger charge is -2.57. The van der Waals surface area contributed by atoms with Gasteiger partial charge in [-0.25, -0.2) is 0 Å². The Labute approximate surface area is 113 Å². The largest absolute Gasteiger partial charge is 0.349 e. The zero-order chi connectivity index (χ0) is 12.2. The fourth-order valence-electron chi connectivity index (χ4n) is 5.19. The zero-order valence-corrected chi connectivity index (χ0v) is 11.6. The van der Waals surface area contributed by atoms with E-state index in [1.807, 2.05) is 0 Å². The summed E-state index contributed by atoms with van der Waals surface area (Å²) in [4.78, 5) is 12.3. The number of carbonyl (C=O) groups excluding carboxylic acids is 1. The molecule has 4 bridgehead atoms. The SMILES string of the molecule is O=C(NC12CC3CC(CC(C3)C1)C2)C1CCSN1. The third-order valence-corrected chi connectivity index (χ3v) is 6.37. The van der Waals surface area contributed by atoms with Gasteiger partial charge in [-0.15, -0.1) is 0 Å². The Bertz CT molecular complexity index is 330. The van der Waals surface area contributed by atoms with Crippen LogP contribution in [0.4, 0.5) is 0 Å². The standard InChI is InChI=1S/C14H22N2OS/c17-13(12-1-2-18-16-12)15-14-6-9-3-10(7-14)5-11(4-9)8-14/h9-12,16H,1-8H2,(H,15,17). The van der Waals surface area contributed by atoms with Crippen molar-refractivity contribution in [2.45, 2.75) is 56.5 Å². The van der Waals surface area contributed by atoms with Gasteiger partial charge in [0, 0.05) is 11.3 Å². The minimum absolute atomic E-state index is 0.0583. The van der Waals surface area contributed by atoms with Crippen LogP contribution in [0.1, 0.15) is 44.9 Å². The molecule has 1 heterocycles. The van der Waals surface area contributed by atoms with Gasteiger partial charge in [-0.2, -0.15) is 0 Å². The van der Waals surface area contributed by atoms with Crippen molar-refractivity contribution in [3.05, 3.63) is 0 Å². The minimum atomic E-state index is 0.0583. The van der Waals surface area contributed by atoms with Gasteiger partial charge >= 0.3 is 0 Å². The summed E-state index contributed by atoms with van der Waals surface area (Å²) in [7, 11) is 0. The second-order valence-corrected chi connectivity index (χ2v) is 7.93. The van der Waals surface area contributed by atoms with E-state index in [9.17, 15) is 4.79 Å². The van der Waals surface area contributed by atoms with Crippen molar-refractivity contribution in [3.63, 3.8) is 0 Å². The first kappa shape index (κ1) is 11.6. The van der Waals surface area contributed by atoms with E-state index in [1.54, 1.807) is 11.9 Å². The molecule has 3 nitrogen and oxygen atoms in total. The maximum absolute atomic E-state index is 12.3. The van der Waals surface area contributed by atoms with Crippen molar-refractivity contribution in [1.29, 1.82) is 0 Å². The van der Waals surface area contributed by atoms with Crippen molar-refractivity contribution in [2.75, 3.05) is 5.75 Å². The Morgan fingerprint density at radius 3 is 2.22 bits per heavy atom. The molecule has 100 valence electrons. The van der Waals surface area contributed by atoms with E-state index in [0.29, 0.717) is 0 Å². The molecule has 0 aromatic rings. The fraction of sp³-hybridized carbons (Fsp3) is 0.929. The highest BCUT2D eigenvalue weighted by Gasteiger charge is 2.51. The highest BCUT2D eigenvalue weighted by atomic mass is 32.2. The number of hydrogen-bond donors (Lipinski definition) is 2. The quantitative estimate of drug-likeness (QED) is 0.752. The average molecular weight is 266 g/mol. The molecule has 1 atom stereocenters. The van der Waals surface area contributed by atoms with Gasteiger partial charge in [-0.1, -0.05) is 11.9 Å². The summed E-state index contributed by atoms with van der Waals surface area (Å²) in [5.41, 5.74) is 0.181. The summed E-state index contributed by atoms with van der Waals surface area (Å²) in [6.07, 6.45) is 9.06. The van der Waals surface area contributed by atoms with E-state index < -0.39 is 0 Å². The first-order valence-electron chi connectivity index (χ1n) is 7.42. The molecular weight excluding hydrogens is 244 g/mol. The monoisotopic (exact) mass is 266 g/mol. The van der Waals surface area contributed by atoms with Crippen molar-refractivity contribution in [3.8, 4) is 0 Å². The molecule has 18 heavy (non-hydrogen) atoms. The minimum Gasteiger partial charge on any atom is -0.349 e. The Balaban J connectivity index is 1.48. The normalized spacial score (nSPS) is 49.6. The van der Waals surface area contributed by atoms with Crippen molar-refractivity contribution in [2.24, 2.45) is 17.8 Å². The maximum atomic E-state index is 12.3. The predicted octanol–water partition coefficient (Wildman–Crippen LogP) is 2.08. The molecule has 1 aliphatic heterocycles. The van der Waals surface area contributed by atoms with E-state index in [4.69, 9.17) is 0 Å². The van der Waals surface area contributed by atoms with Gasteiger partial charge in [0.05, 0.1) is 6.04 Å². The van der Waals surface area contributed by atoms with Crippen LogP contribution in [-0.4, -0.2) is 23.2 Å². The summed E-state index contributed by atoms with van der Waals surface area (Å²) >= 11 is 1.69. The van der Waals surface area contributed by atoms with Gasteiger partial charge in [0.25, 0.3) is 0 Å². The second-order valence-electron chi connectivity index (χ2n) is 6.99. The molecule has 4 aliphatic carbocycles. The number of amides is 1. The summed E-state index contributed by atoms with van der Waals surface area (Å²) in [5.74, 6) is 4.05. The van der Waals surface area contributed by atoms with Crippen LogP contribution in [0.3, 0.4) is 0 Å². The highest BCUT2D eigenvalue weighted by molar-refractivity contribution is 7.97. The number of nitrogens with one attached hydrogen (secondary N) is 2. The summed E-state index contributed by atoms with van der Waals surface area (Å²) < 4.78 is 3.24. The molecule has 5 fully saturated rings. The molecule has 5 aliphatic rings. The smallest absolute Gasteiger partial charge is 0.238 e. The molecular formula is C14H22N2OS. The zero-order valence-electron chi connectivity index (χ0n) is 10.8. The Morgan fingerprint density at radius 2 is 1.72 bits per heavy atom. The van der Waals surface area contributed by atoms with Crippen LogP contribution in [0.25, 0.3) is 0 Å². The molecule has 1 amide bonds. The number of rotatable bonds is 2. The molecule has 1 saturated heterocycles. The fourth-order valence-corrected chi connectivity index (χ4v) is 6.09. The first-order chi connectivity index (χ1) is 8.72. The third kappa shape index (κ3) is 1.88. The van der Waals surface area contributed by atoms with Gasteiger partial charge in [0.2, 0.25) is 5.91 Å². The van der Waals surface area contributed by atoms with E-state index in [2.05, 4.69) is 10.0 Å². The van der Waals surface area contributed by atoms with Crippen LogP contribution in [0.2, 0.25) is 0 Å². The summed E-state index contributed by atoms with van der Waals surface area (Å²) in [5, 5.41) is 3.45. The van der Waals surface area contributed by atoms with Gasteiger partial charge in [-0.05, 0) is 62.7 Å². The first-order valence-corrected chi connectivity index (χ1v) is 8.40. The third-order valence-electron chi connectivity index (χ3n) is 5.48. The Hall–Kier alpha value is -0.220. The molecule has 2 N–H and O–H groups in total. The lowest BCUT2D eigenvalue weighted by atomic mass is 9.53. The Morgan fingerprint density at radius 1 is 1.11 bits per heavy atom. The van der Waals surface area contributed by atoms with E-state index in [1.165, 1.54) is 38.5 Å². The Kier molecular flexibility index (Phi) is 2.66. The maximum Gasteiger partial charge on any atom is 0.238 e. The molecule has 4 heteroatoms. The number of carbonyl (C=O) groups is 1. The molecule has 1 unspecified atom stereocenters. The molecule has 4 saturated carbocycles. The van der Waals surface area contributed by atoms with Crippen molar-refractivity contribution in [1.82, 2.24) is 10.0 Å². The summed E-state index contributed by atoms with van der Waals surface area (Å²) in [6.45, 7) is 0. The molecule has 0 radical (unpaired) electrons. The van der Waals surface area contributed by atoms with Crippen LogP contribution < -0.4 is 10.0 Å². The van der Waals surface area contributed by atoms with Gasteiger partial charge in [0.1, 0.15) is 0 Å². The molecule has 0 spiro atoms. The van der Waals surface area contributed by atoms with E-state index >= 15 is 0 Å². The van der Waals surface area contributed by atoms with Crippen molar-refractivity contribution >= 4 is 17.9 Å². The van der Waals surface area contributed by atoms with Gasteiger partial charge in [-0.3, -0.25) is 9.52 Å².